The van der Waals surface area contributed by atoms with Crippen molar-refractivity contribution >= 4 is 17.5 Å². The van der Waals surface area contributed by atoms with Gasteiger partial charge in [0.2, 0.25) is 11.8 Å². The number of nitrogens with one attached hydrogen (secondary N) is 2. The van der Waals surface area contributed by atoms with Gasteiger partial charge in [-0.25, -0.2) is 0 Å². The molecule has 0 spiro atoms. The SMILES string of the molecule is COc1ccc(NC(C)(C)C(=O)NCCC(=O)N(C)C)cc1. The predicted octanol–water partition coefficient (Wildman–Crippen LogP) is 1.48. The molecule has 1 aromatic carbocycles. The fraction of sp³-hybridized carbons (Fsp3) is 0.500. The Kier molecular flexibility index (Phi) is 6.22. The van der Waals surface area contributed by atoms with E-state index in [1.807, 2.05) is 24.3 Å². The Morgan fingerprint density at radius 1 is 1.18 bits per heavy atom. The summed E-state index contributed by atoms with van der Waals surface area (Å²) >= 11 is 0. The molecule has 0 atom stereocenters. The van der Waals surface area contributed by atoms with Gasteiger partial charge in [-0.1, -0.05) is 0 Å². The van der Waals surface area contributed by atoms with Crippen LogP contribution in [-0.4, -0.2) is 50.0 Å². The van der Waals surface area contributed by atoms with E-state index in [9.17, 15) is 9.59 Å². The lowest BCUT2D eigenvalue weighted by atomic mass is 10.0. The van der Waals surface area contributed by atoms with Gasteiger partial charge < -0.3 is 20.3 Å². The van der Waals surface area contributed by atoms with Gasteiger partial charge in [-0.15, -0.1) is 0 Å². The van der Waals surface area contributed by atoms with E-state index >= 15 is 0 Å². The zero-order valence-electron chi connectivity index (χ0n) is 13.9. The second-order valence-electron chi connectivity index (χ2n) is 5.77. The summed E-state index contributed by atoms with van der Waals surface area (Å²) in [5, 5.41) is 5.95. The highest BCUT2D eigenvalue weighted by Crippen LogP contribution is 2.19. The Hall–Kier alpha value is -2.24. The smallest absolute Gasteiger partial charge is 0.245 e. The summed E-state index contributed by atoms with van der Waals surface area (Å²) in [5.74, 6) is 0.589. The van der Waals surface area contributed by atoms with Gasteiger partial charge in [-0.2, -0.15) is 0 Å². The van der Waals surface area contributed by atoms with E-state index in [4.69, 9.17) is 4.74 Å². The van der Waals surface area contributed by atoms with E-state index in [2.05, 4.69) is 10.6 Å². The Morgan fingerprint density at radius 3 is 2.27 bits per heavy atom. The molecule has 2 N–H and O–H groups in total. The van der Waals surface area contributed by atoms with Gasteiger partial charge in [0.15, 0.2) is 0 Å². The number of amides is 2. The average Bonchev–Trinajstić information content (AvgIpc) is 2.47. The van der Waals surface area contributed by atoms with Gasteiger partial charge >= 0.3 is 0 Å². The molecule has 0 aliphatic heterocycles. The van der Waals surface area contributed by atoms with Gasteiger partial charge in [-0.05, 0) is 38.1 Å². The second kappa shape index (κ2) is 7.68. The van der Waals surface area contributed by atoms with E-state index in [-0.39, 0.29) is 18.2 Å². The van der Waals surface area contributed by atoms with E-state index in [0.717, 1.165) is 11.4 Å². The van der Waals surface area contributed by atoms with Crippen molar-refractivity contribution in [2.24, 2.45) is 0 Å². The number of rotatable bonds is 7. The highest BCUT2D eigenvalue weighted by Gasteiger charge is 2.27. The van der Waals surface area contributed by atoms with E-state index in [1.54, 1.807) is 35.1 Å². The molecule has 0 aromatic heterocycles. The standard InChI is InChI=1S/C16H25N3O3/c1-16(2,15(21)17-11-10-14(20)19(3)4)18-12-6-8-13(22-5)9-7-12/h6-9,18H,10-11H2,1-5H3,(H,17,21). The van der Waals surface area contributed by atoms with Crippen LogP contribution in [0.1, 0.15) is 20.3 Å². The van der Waals surface area contributed by atoms with Crippen LogP contribution < -0.4 is 15.4 Å². The number of methoxy groups -OCH3 is 1. The zero-order valence-corrected chi connectivity index (χ0v) is 13.9. The summed E-state index contributed by atoms with van der Waals surface area (Å²) in [7, 11) is 4.99. The van der Waals surface area contributed by atoms with Crippen LogP contribution in [0.4, 0.5) is 5.69 Å². The van der Waals surface area contributed by atoms with E-state index in [1.165, 1.54) is 4.90 Å². The van der Waals surface area contributed by atoms with Gasteiger partial charge in [0.1, 0.15) is 11.3 Å². The number of hydrogen-bond donors (Lipinski definition) is 2. The van der Waals surface area contributed by atoms with Crippen LogP contribution in [0.25, 0.3) is 0 Å². The van der Waals surface area contributed by atoms with Gasteiger partial charge in [0.05, 0.1) is 7.11 Å². The third-order valence-corrected chi connectivity index (χ3v) is 3.24. The van der Waals surface area contributed by atoms with Crippen molar-refractivity contribution < 1.29 is 14.3 Å². The quantitative estimate of drug-likeness (QED) is 0.800. The molecule has 0 aliphatic rings. The third kappa shape index (κ3) is 5.27. The molecule has 2 amide bonds. The highest BCUT2D eigenvalue weighted by molar-refractivity contribution is 5.88. The minimum Gasteiger partial charge on any atom is -0.497 e. The summed E-state index contributed by atoms with van der Waals surface area (Å²) in [6.45, 7) is 3.91. The zero-order chi connectivity index (χ0) is 16.8. The largest absolute Gasteiger partial charge is 0.497 e. The topological polar surface area (TPSA) is 70.7 Å². The number of benzene rings is 1. The Balaban J connectivity index is 2.53. The minimum atomic E-state index is -0.782. The molecular weight excluding hydrogens is 282 g/mol. The molecule has 0 heterocycles. The number of carbonyl (C=O) groups excluding carboxylic acids is 2. The Labute approximate surface area is 131 Å². The van der Waals surface area contributed by atoms with Crippen molar-refractivity contribution in [3.8, 4) is 5.75 Å². The first-order valence-electron chi connectivity index (χ1n) is 7.17. The molecule has 0 saturated carbocycles. The van der Waals surface area contributed by atoms with Crippen molar-refractivity contribution in [1.82, 2.24) is 10.2 Å². The van der Waals surface area contributed by atoms with Crippen molar-refractivity contribution in [1.29, 1.82) is 0 Å². The van der Waals surface area contributed by atoms with Crippen LogP contribution in [0.2, 0.25) is 0 Å². The fourth-order valence-corrected chi connectivity index (χ4v) is 1.82. The van der Waals surface area contributed by atoms with Crippen LogP contribution in [0.5, 0.6) is 5.75 Å². The molecule has 0 fully saturated rings. The molecule has 1 rings (SSSR count). The normalized spacial score (nSPS) is 10.8. The van der Waals surface area contributed by atoms with Crippen molar-refractivity contribution in [3.63, 3.8) is 0 Å². The maximum atomic E-state index is 12.2. The summed E-state index contributed by atoms with van der Waals surface area (Å²) < 4.78 is 5.10. The lowest BCUT2D eigenvalue weighted by Gasteiger charge is -2.26. The van der Waals surface area contributed by atoms with Gasteiger partial charge in [0, 0.05) is 32.7 Å². The maximum absolute atomic E-state index is 12.2. The minimum absolute atomic E-state index is 0.0128. The fourth-order valence-electron chi connectivity index (χ4n) is 1.82. The predicted molar refractivity (Wildman–Crippen MR) is 87.0 cm³/mol. The van der Waals surface area contributed by atoms with Gasteiger partial charge in [-0.3, -0.25) is 9.59 Å². The summed E-state index contributed by atoms with van der Waals surface area (Å²) in [6, 6.07) is 7.35. The van der Waals surface area contributed by atoms with E-state index in [0.29, 0.717) is 6.54 Å². The first-order chi connectivity index (χ1) is 10.3. The molecule has 0 bridgehead atoms. The number of hydrogen-bond acceptors (Lipinski definition) is 4. The molecule has 6 nitrogen and oxygen atoms in total. The molecular formula is C16H25N3O3. The second-order valence-corrected chi connectivity index (χ2v) is 5.77. The van der Waals surface area contributed by atoms with Crippen molar-refractivity contribution in [2.75, 3.05) is 33.1 Å². The lowest BCUT2D eigenvalue weighted by molar-refractivity contribution is -0.129. The molecule has 122 valence electrons. The molecule has 6 heteroatoms. The first-order valence-corrected chi connectivity index (χ1v) is 7.17. The Morgan fingerprint density at radius 2 is 1.77 bits per heavy atom. The molecule has 0 aliphatic carbocycles. The molecule has 0 radical (unpaired) electrons. The maximum Gasteiger partial charge on any atom is 0.245 e. The average molecular weight is 307 g/mol. The molecule has 0 unspecified atom stereocenters. The van der Waals surface area contributed by atoms with Gasteiger partial charge in [0.25, 0.3) is 0 Å². The van der Waals surface area contributed by atoms with Crippen molar-refractivity contribution in [2.45, 2.75) is 25.8 Å². The van der Waals surface area contributed by atoms with Crippen LogP contribution in [0, 0.1) is 0 Å². The van der Waals surface area contributed by atoms with E-state index < -0.39 is 5.54 Å². The molecule has 0 saturated heterocycles. The number of carbonyl (C=O) groups is 2. The van der Waals surface area contributed by atoms with Crippen LogP contribution in [0.15, 0.2) is 24.3 Å². The molecule has 22 heavy (non-hydrogen) atoms. The lowest BCUT2D eigenvalue weighted by Crippen LogP contribution is -2.48. The summed E-state index contributed by atoms with van der Waals surface area (Å²) in [6.07, 6.45) is 0.289. The number of ether oxygens (including phenoxy) is 1. The Bertz CT molecular complexity index is 510. The first kappa shape index (κ1) is 17.8. The summed E-state index contributed by atoms with van der Waals surface area (Å²) in [5.41, 5.74) is 0.0424. The molecule has 1 aromatic rings. The highest BCUT2D eigenvalue weighted by atomic mass is 16.5. The number of nitrogens with zero attached hydrogens (tertiary/aromatic N) is 1. The summed E-state index contributed by atoms with van der Waals surface area (Å²) in [4.78, 5) is 25.2. The third-order valence-electron chi connectivity index (χ3n) is 3.24. The monoisotopic (exact) mass is 307 g/mol. The van der Waals surface area contributed by atoms with Crippen molar-refractivity contribution in [3.05, 3.63) is 24.3 Å². The van der Waals surface area contributed by atoms with Crippen LogP contribution in [-0.2, 0) is 9.59 Å². The number of anilines is 1. The van der Waals surface area contributed by atoms with Crippen LogP contribution in [0.3, 0.4) is 0 Å². The van der Waals surface area contributed by atoms with Crippen LogP contribution >= 0.6 is 0 Å².